The van der Waals surface area contributed by atoms with Gasteiger partial charge >= 0.3 is 0 Å². The molecule has 1 N–H and O–H groups in total. The van der Waals surface area contributed by atoms with Crippen molar-refractivity contribution in [2.24, 2.45) is 5.92 Å². The smallest absolute Gasteiger partial charge is 0.0924 e. The number of terminal acetylenes is 1. The summed E-state index contributed by atoms with van der Waals surface area (Å²) < 4.78 is 6.55. The number of aliphatic hydroxyl groups excluding tert-OH is 1. The first-order valence-electron chi connectivity index (χ1n) is 11.6. The largest absolute Gasteiger partial charge is 0.400 e. The molecule has 2 nitrogen and oxygen atoms in total. The van der Waals surface area contributed by atoms with Gasteiger partial charge in [-0.25, -0.2) is 0 Å². The molecule has 3 aliphatic rings. The highest BCUT2D eigenvalue weighted by Gasteiger charge is 2.48. The van der Waals surface area contributed by atoms with Gasteiger partial charge in [0.2, 0.25) is 0 Å². The summed E-state index contributed by atoms with van der Waals surface area (Å²) in [6, 6.07) is 2.49. The molecule has 170 valence electrons. The van der Waals surface area contributed by atoms with Crippen LogP contribution in [0.15, 0.2) is 35.9 Å². The maximum Gasteiger partial charge on any atom is 0.0924 e. The van der Waals surface area contributed by atoms with Crippen LogP contribution in [0.2, 0.25) is 0 Å². The van der Waals surface area contributed by atoms with E-state index in [2.05, 4.69) is 70.9 Å². The molecule has 2 heterocycles. The van der Waals surface area contributed by atoms with E-state index in [4.69, 9.17) is 9.84 Å². The number of hydrogen-bond donors (Lipinski definition) is 1. The van der Waals surface area contributed by atoms with E-state index in [0.717, 1.165) is 13.5 Å². The zero-order valence-corrected chi connectivity index (χ0v) is 20.8. The van der Waals surface area contributed by atoms with Crippen molar-refractivity contribution in [3.05, 3.63) is 51.3 Å². The van der Waals surface area contributed by atoms with Gasteiger partial charge in [-0.1, -0.05) is 45.1 Å². The zero-order chi connectivity index (χ0) is 23.0. The van der Waals surface area contributed by atoms with Crippen LogP contribution in [-0.4, -0.2) is 17.8 Å². The lowest BCUT2D eigenvalue weighted by atomic mass is 9.86. The third-order valence-electron chi connectivity index (χ3n) is 6.40. The van der Waals surface area contributed by atoms with E-state index in [9.17, 15) is 0 Å². The molecule has 2 atom stereocenters. The van der Waals surface area contributed by atoms with Crippen LogP contribution in [0.5, 0.6) is 0 Å². The van der Waals surface area contributed by atoms with Crippen LogP contribution < -0.4 is 0 Å². The molecule has 1 aromatic rings. The average molecular weight is 441 g/mol. The zero-order valence-electron chi connectivity index (χ0n) is 20.0. The van der Waals surface area contributed by atoms with Crippen LogP contribution in [-0.2, 0) is 4.74 Å². The predicted octanol–water partition coefficient (Wildman–Crippen LogP) is 7.82. The van der Waals surface area contributed by atoms with Crippen molar-refractivity contribution in [2.75, 3.05) is 7.11 Å². The van der Waals surface area contributed by atoms with Crippen LogP contribution in [0.3, 0.4) is 0 Å². The van der Waals surface area contributed by atoms with Crippen molar-refractivity contribution in [1.29, 1.82) is 0 Å². The fourth-order valence-corrected chi connectivity index (χ4v) is 5.81. The number of aliphatic hydroxyl groups is 1. The SMILES string of the molecule is C#C.C/C=C(\C=C/C(C)C)CC1=CCC(C)c2cc([C@H]3CCCC4(CC4)O3)sc21.CO. The summed E-state index contributed by atoms with van der Waals surface area (Å²) in [6.45, 7) is 9.03. The van der Waals surface area contributed by atoms with Crippen LogP contribution in [0.1, 0.15) is 100.0 Å². The van der Waals surface area contributed by atoms with Gasteiger partial charge in [-0.2, -0.15) is 0 Å². The van der Waals surface area contributed by atoms with Crippen molar-refractivity contribution in [3.63, 3.8) is 0 Å². The second-order valence-corrected chi connectivity index (χ2v) is 10.2. The number of thiophene rings is 1. The molecular formula is C28H40O2S. The van der Waals surface area contributed by atoms with Crippen molar-refractivity contribution in [1.82, 2.24) is 0 Å². The fourth-order valence-electron chi connectivity index (χ4n) is 4.42. The Balaban J connectivity index is 0.000000807. The van der Waals surface area contributed by atoms with Crippen molar-refractivity contribution in [2.45, 2.75) is 90.3 Å². The molecule has 2 fully saturated rings. The lowest BCUT2D eigenvalue weighted by molar-refractivity contribution is -0.0676. The average Bonchev–Trinajstić information content (AvgIpc) is 3.37. The van der Waals surface area contributed by atoms with E-state index in [1.54, 1.807) is 5.56 Å². The third kappa shape index (κ3) is 6.45. The number of fused-ring (bicyclic) bond motifs is 1. The summed E-state index contributed by atoms with van der Waals surface area (Å²) in [5.74, 6) is 1.23. The third-order valence-corrected chi connectivity index (χ3v) is 7.72. The highest BCUT2D eigenvalue weighted by Crippen LogP contribution is 2.53. The lowest BCUT2D eigenvalue weighted by Crippen LogP contribution is -2.23. The molecule has 2 aliphatic carbocycles. The monoisotopic (exact) mass is 440 g/mol. The van der Waals surface area contributed by atoms with E-state index in [1.807, 2.05) is 11.3 Å². The second kappa shape index (κ2) is 11.9. The Kier molecular flexibility index (Phi) is 9.82. The number of ether oxygens (including phenoxy) is 1. The van der Waals surface area contributed by atoms with E-state index in [1.165, 1.54) is 59.4 Å². The van der Waals surface area contributed by atoms with Gasteiger partial charge in [-0.3, -0.25) is 0 Å². The van der Waals surface area contributed by atoms with Gasteiger partial charge in [0, 0.05) is 16.9 Å². The molecular weight excluding hydrogens is 400 g/mol. The summed E-state index contributed by atoms with van der Waals surface area (Å²) in [4.78, 5) is 3.01. The van der Waals surface area contributed by atoms with Crippen molar-refractivity contribution in [3.8, 4) is 12.8 Å². The predicted molar refractivity (Wildman–Crippen MR) is 135 cm³/mol. The molecule has 0 bridgehead atoms. The molecule has 0 amide bonds. The molecule has 0 aromatic carbocycles. The molecule has 4 rings (SSSR count). The number of allylic oxidation sites excluding steroid dienone is 6. The Labute approximate surface area is 194 Å². The van der Waals surface area contributed by atoms with E-state index < -0.39 is 0 Å². The fraction of sp³-hybridized carbons (Fsp3) is 0.571. The van der Waals surface area contributed by atoms with Gasteiger partial charge in [0.05, 0.1) is 11.7 Å². The number of rotatable bonds is 5. The highest BCUT2D eigenvalue weighted by molar-refractivity contribution is 7.13. The molecule has 0 radical (unpaired) electrons. The summed E-state index contributed by atoms with van der Waals surface area (Å²) in [5, 5.41) is 7.00. The molecule has 1 aliphatic heterocycles. The molecule has 1 unspecified atom stereocenters. The van der Waals surface area contributed by atoms with Gasteiger partial charge in [-0.15, -0.1) is 24.2 Å². The van der Waals surface area contributed by atoms with E-state index in [-0.39, 0.29) is 5.60 Å². The minimum Gasteiger partial charge on any atom is -0.400 e. The normalized spacial score (nSPS) is 24.0. The molecule has 1 saturated heterocycles. The van der Waals surface area contributed by atoms with Gasteiger partial charge in [0.15, 0.2) is 0 Å². The summed E-state index contributed by atoms with van der Waals surface area (Å²) in [7, 11) is 1.00. The first-order chi connectivity index (χ1) is 15.0. The molecule has 1 saturated carbocycles. The first kappa shape index (κ1) is 25.7. The van der Waals surface area contributed by atoms with Gasteiger partial charge < -0.3 is 9.84 Å². The highest BCUT2D eigenvalue weighted by atomic mass is 32.1. The second-order valence-electron chi connectivity index (χ2n) is 9.12. The van der Waals surface area contributed by atoms with Gasteiger partial charge in [0.25, 0.3) is 0 Å². The summed E-state index contributed by atoms with van der Waals surface area (Å²) >= 11 is 2.01. The van der Waals surface area contributed by atoms with E-state index >= 15 is 0 Å². The quantitative estimate of drug-likeness (QED) is 0.373. The Hall–Kier alpha value is -1.60. The summed E-state index contributed by atoms with van der Waals surface area (Å²) in [5.41, 5.74) is 4.78. The Bertz CT molecular complexity index is 817. The summed E-state index contributed by atoms with van der Waals surface area (Å²) in [6.07, 6.45) is 26.3. The van der Waals surface area contributed by atoms with Crippen LogP contribution in [0.4, 0.5) is 0 Å². The molecule has 1 aromatic heterocycles. The van der Waals surface area contributed by atoms with Crippen LogP contribution in [0.25, 0.3) is 5.57 Å². The Morgan fingerprint density at radius 3 is 2.61 bits per heavy atom. The lowest BCUT2D eigenvalue weighted by Gasteiger charge is -2.29. The maximum atomic E-state index is 7.00. The van der Waals surface area contributed by atoms with Crippen LogP contribution in [0, 0.1) is 18.8 Å². The van der Waals surface area contributed by atoms with Gasteiger partial charge in [-0.05, 0) is 86.5 Å². The number of hydrogen-bond acceptors (Lipinski definition) is 3. The van der Waals surface area contributed by atoms with Crippen molar-refractivity contribution < 1.29 is 9.84 Å². The van der Waals surface area contributed by atoms with Crippen LogP contribution >= 0.6 is 11.3 Å². The minimum atomic E-state index is 0.261. The minimum absolute atomic E-state index is 0.261. The topological polar surface area (TPSA) is 29.5 Å². The maximum absolute atomic E-state index is 7.00. The molecule has 31 heavy (non-hydrogen) atoms. The van der Waals surface area contributed by atoms with Crippen molar-refractivity contribution >= 4 is 16.9 Å². The molecule has 1 spiro atoms. The first-order valence-corrected chi connectivity index (χ1v) is 12.4. The van der Waals surface area contributed by atoms with Gasteiger partial charge in [0.1, 0.15) is 0 Å². The molecule has 3 heteroatoms. The standard InChI is InChI=1S/C25H34OS.C2H2.CH4O/c1-5-19(10-8-17(2)3)15-20-11-9-18(4)21-16-23(27-24(20)21)22-7-6-12-25(26-22)13-14-25;2*1-2/h5,8,10-11,16-18,22H,6-7,9,12-15H2,1-4H3;1-2H;2H,1H3/b10-8-,19-5+;;/t18?,22-;;/m1../s1. The van der Waals surface area contributed by atoms with E-state index in [0.29, 0.717) is 17.9 Å². The Morgan fingerprint density at radius 1 is 1.29 bits per heavy atom. The Morgan fingerprint density at radius 2 is 2.00 bits per heavy atom.